The van der Waals surface area contributed by atoms with Crippen LogP contribution in [-0.2, 0) is 14.5 Å². The summed E-state index contributed by atoms with van der Waals surface area (Å²) >= 11 is 2.00. The second-order valence-corrected chi connectivity index (χ2v) is 4.33. The van der Waals surface area contributed by atoms with Crippen molar-refractivity contribution in [2.75, 3.05) is 7.11 Å². The third kappa shape index (κ3) is 8.38. The number of hydrogen-bond acceptors (Lipinski definition) is 3. The molecular formula is C12H23LiO3. The molecule has 0 aliphatic heterocycles. The Morgan fingerprint density at radius 2 is 2.00 bits per heavy atom. The average molecular weight is 222 g/mol. The van der Waals surface area contributed by atoms with E-state index in [9.17, 15) is 0 Å². The molecule has 0 rings (SSSR count). The van der Waals surface area contributed by atoms with Crippen LogP contribution in [0.5, 0.6) is 0 Å². The molecule has 0 radical (unpaired) electrons. The summed E-state index contributed by atoms with van der Waals surface area (Å²) < 4.78 is 7.84. The van der Waals surface area contributed by atoms with E-state index in [2.05, 4.69) is 17.9 Å². The third-order valence-electron chi connectivity index (χ3n) is 2.22. The summed E-state index contributed by atoms with van der Waals surface area (Å²) in [6.45, 7) is 5.91. The molecule has 0 fully saturated rings. The first-order valence-electron chi connectivity index (χ1n) is 6.08. The fourth-order valence-electron chi connectivity index (χ4n) is 1.59. The van der Waals surface area contributed by atoms with Crippen LogP contribution in [0.1, 0.15) is 46.5 Å². The monoisotopic (exact) mass is 222 g/mol. The molecule has 3 nitrogen and oxygen atoms in total. The summed E-state index contributed by atoms with van der Waals surface area (Å²) in [7, 11) is 1.49. The van der Waals surface area contributed by atoms with E-state index in [1.165, 1.54) is 26.4 Å². The van der Waals surface area contributed by atoms with Crippen LogP contribution >= 0.6 is 0 Å². The van der Waals surface area contributed by atoms with Crippen molar-refractivity contribution in [1.29, 1.82) is 0 Å². The Labute approximate surface area is 109 Å². The van der Waals surface area contributed by atoms with E-state index in [0.717, 1.165) is 6.42 Å². The van der Waals surface area contributed by atoms with Crippen LogP contribution in [0.2, 0.25) is 0 Å². The first kappa shape index (κ1) is 16.2. The second-order valence-electron chi connectivity index (χ2n) is 4.33. The van der Waals surface area contributed by atoms with Gasteiger partial charge < -0.3 is 0 Å². The van der Waals surface area contributed by atoms with Crippen molar-refractivity contribution in [1.82, 2.24) is 0 Å². The molecule has 0 aromatic heterocycles. The predicted octanol–water partition coefficient (Wildman–Crippen LogP) is 2.95. The van der Waals surface area contributed by atoms with E-state index < -0.39 is 5.79 Å². The van der Waals surface area contributed by atoms with Gasteiger partial charge in [-0.3, -0.25) is 0 Å². The topological polar surface area (TPSA) is 27.7 Å². The van der Waals surface area contributed by atoms with Crippen LogP contribution in [0.15, 0.2) is 10.8 Å². The van der Waals surface area contributed by atoms with Crippen molar-refractivity contribution in [2.45, 2.75) is 58.3 Å². The molecule has 1 atom stereocenters. The Morgan fingerprint density at radius 3 is 2.50 bits per heavy atom. The minimum absolute atomic E-state index is 0.0988. The van der Waals surface area contributed by atoms with Crippen LogP contribution in [0, 0.1) is 0 Å². The van der Waals surface area contributed by atoms with Crippen LogP contribution in [0.3, 0.4) is 0 Å². The zero-order valence-corrected chi connectivity index (χ0v) is 11.3. The van der Waals surface area contributed by atoms with Crippen molar-refractivity contribution in [3.8, 4) is 0 Å². The van der Waals surface area contributed by atoms with Crippen LogP contribution in [-0.4, -0.2) is 36.7 Å². The SMILES string of the molecule is [Li][CH]=CC(CCCCC)OC(C)(C)OOC. The van der Waals surface area contributed by atoms with Gasteiger partial charge in [0.15, 0.2) is 0 Å². The molecule has 0 saturated heterocycles. The van der Waals surface area contributed by atoms with Gasteiger partial charge >= 0.3 is 109 Å². The van der Waals surface area contributed by atoms with Gasteiger partial charge in [-0.15, -0.1) is 0 Å². The molecule has 4 heteroatoms. The Balaban J connectivity index is 4.10. The fraction of sp³-hybridized carbons (Fsp3) is 0.833. The van der Waals surface area contributed by atoms with Gasteiger partial charge in [-0.2, -0.15) is 0 Å². The normalized spacial score (nSPS) is 14.6. The van der Waals surface area contributed by atoms with E-state index in [1.54, 1.807) is 0 Å². The fourth-order valence-corrected chi connectivity index (χ4v) is 1.59. The van der Waals surface area contributed by atoms with E-state index in [4.69, 9.17) is 9.62 Å². The number of ether oxygens (including phenoxy) is 1. The third-order valence-corrected chi connectivity index (χ3v) is 2.22. The van der Waals surface area contributed by atoms with E-state index >= 15 is 0 Å². The first-order chi connectivity index (χ1) is 7.55. The molecule has 0 bridgehead atoms. The molecule has 0 N–H and O–H groups in total. The van der Waals surface area contributed by atoms with E-state index in [0.29, 0.717) is 0 Å². The van der Waals surface area contributed by atoms with Gasteiger partial charge in [0.2, 0.25) is 0 Å². The number of hydrogen-bond donors (Lipinski definition) is 0. The molecule has 0 spiro atoms. The summed E-state index contributed by atoms with van der Waals surface area (Å²) in [6.07, 6.45) is 6.82. The van der Waals surface area contributed by atoms with Gasteiger partial charge in [0.25, 0.3) is 0 Å². The van der Waals surface area contributed by atoms with Crippen LogP contribution in [0.25, 0.3) is 0 Å². The molecule has 1 unspecified atom stereocenters. The maximum absolute atomic E-state index is 5.83. The van der Waals surface area contributed by atoms with Crippen LogP contribution < -0.4 is 0 Å². The van der Waals surface area contributed by atoms with Gasteiger partial charge in [-0.05, 0) is 0 Å². The van der Waals surface area contributed by atoms with Gasteiger partial charge in [0.05, 0.1) is 0 Å². The molecule has 0 aromatic rings. The van der Waals surface area contributed by atoms with Gasteiger partial charge in [0.1, 0.15) is 0 Å². The molecule has 0 heterocycles. The molecule has 16 heavy (non-hydrogen) atoms. The molecule has 0 aromatic carbocycles. The minimum atomic E-state index is -0.703. The van der Waals surface area contributed by atoms with Crippen molar-refractivity contribution in [3.05, 3.63) is 10.8 Å². The van der Waals surface area contributed by atoms with Gasteiger partial charge in [-0.25, -0.2) is 0 Å². The standard InChI is InChI=1S/C12H23O3.Li/c1-6-8-9-10-11(7-2)14-12(3,4)15-13-5;/h2,7,11H,6,8-10H2,1,3-5H3;. The molecular weight excluding hydrogens is 199 g/mol. The predicted molar refractivity (Wildman–Crippen MR) is 66.1 cm³/mol. The average Bonchev–Trinajstić information content (AvgIpc) is 2.17. The summed E-state index contributed by atoms with van der Waals surface area (Å²) in [6, 6.07) is 0. The van der Waals surface area contributed by atoms with Gasteiger partial charge in [-0.1, -0.05) is 0 Å². The van der Waals surface area contributed by atoms with E-state index in [1.807, 2.05) is 36.3 Å². The quantitative estimate of drug-likeness (QED) is 0.197. The molecule has 0 aliphatic rings. The zero-order valence-electron chi connectivity index (χ0n) is 11.3. The second kappa shape index (κ2) is 9.27. The molecule has 0 saturated carbocycles. The Morgan fingerprint density at radius 1 is 1.31 bits per heavy atom. The van der Waals surface area contributed by atoms with Gasteiger partial charge in [0, 0.05) is 0 Å². The summed E-state index contributed by atoms with van der Waals surface area (Å²) in [4.78, 5) is 9.72. The molecule has 90 valence electrons. The molecule has 0 aliphatic carbocycles. The maximum atomic E-state index is 5.83. The Bertz CT molecular complexity index is 193. The first-order valence-corrected chi connectivity index (χ1v) is 6.08. The number of rotatable bonds is 9. The molecule has 0 amide bonds. The Kier molecular flexibility index (Phi) is 9.39. The van der Waals surface area contributed by atoms with E-state index in [-0.39, 0.29) is 6.10 Å². The summed E-state index contributed by atoms with van der Waals surface area (Å²) in [5.41, 5.74) is 0. The van der Waals surface area contributed by atoms with Crippen LogP contribution in [0.4, 0.5) is 0 Å². The summed E-state index contributed by atoms with van der Waals surface area (Å²) in [5, 5.41) is 0. The zero-order chi connectivity index (χ0) is 12.4. The summed E-state index contributed by atoms with van der Waals surface area (Å²) in [5.74, 6) is -0.703. The number of unbranched alkanes of at least 4 members (excludes halogenated alkanes) is 2. The Hall–Kier alpha value is 0.217. The van der Waals surface area contributed by atoms with Crippen molar-refractivity contribution in [2.24, 2.45) is 0 Å². The van der Waals surface area contributed by atoms with Crippen molar-refractivity contribution in [3.63, 3.8) is 0 Å². The van der Waals surface area contributed by atoms with Crippen molar-refractivity contribution < 1.29 is 14.5 Å². The van der Waals surface area contributed by atoms with Crippen molar-refractivity contribution >= 4 is 17.7 Å².